The second-order valence-corrected chi connectivity index (χ2v) is 4.46. The van der Waals surface area contributed by atoms with Crippen LogP contribution in [0.3, 0.4) is 0 Å². The molecule has 1 aliphatic rings. The predicted octanol–water partition coefficient (Wildman–Crippen LogP) is 0.289. The van der Waals surface area contributed by atoms with Crippen LogP contribution >= 0.6 is 12.6 Å². The molecule has 1 unspecified atom stereocenters. The molecule has 1 N–H and O–H groups in total. The van der Waals surface area contributed by atoms with E-state index in [-0.39, 0.29) is 11.8 Å². The van der Waals surface area contributed by atoms with Gasteiger partial charge in [-0.15, -0.1) is 0 Å². The molecule has 1 saturated carbocycles. The van der Waals surface area contributed by atoms with E-state index in [2.05, 4.69) is 17.9 Å². The number of carbonyl (C=O) groups excluding carboxylic acids is 2. The van der Waals surface area contributed by atoms with Gasteiger partial charge in [-0.3, -0.25) is 9.59 Å². The molecule has 0 aromatic heterocycles. The van der Waals surface area contributed by atoms with Crippen LogP contribution in [-0.4, -0.2) is 42.1 Å². The molecule has 1 fully saturated rings. The zero-order valence-electron chi connectivity index (χ0n) is 9.19. The van der Waals surface area contributed by atoms with Crippen molar-refractivity contribution in [3.05, 3.63) is 0 Å². The van der Waals surface area contributed by atoms with Crippen molar-refractivity contribution >= 4 is 24.4 Å². The standard InChI is InChI=1S/C10H18N2O2S/c1-7(13)11-9(6-15)10(14)12(2)5-8-3-4-8/h8-9,15H,3-6H2,1-2H3,(H,11,13). The Labute approximate surface area is 95.8 Å². The van der Waals surface area contributed by atoms with Crippen LogP contribution < -0.4 is 5.32 Å². The molecule has 5 heteroatoms. The molecule has 15 heavy (non-hydrogen) atoms. The number of hydrogen-bond donors (Lipinski definition) is 2. The normalized spacial score (nSPS) is 17.0. The summed E-state index contributed by atoms with van der Waals surface area (Å²) in [6.45, 7) is 2.20. The van der Waals surface area contributed by atoms with Gasteiger partial charge in [-0.05, 0) is 18.8 Å². The van der Waals surface area contributed by atoms with Crippen molar-refractivity contribution in [2.45, 2.75) is 25.8 Å². The predicted molar refractivity (Wildman–Crippen MR) is 61.8 cm³/mol. The Kier molecular flexibility index (Phi) is 4.45. The average Bonchev–Trinajstić information content (AvgIpc) is 2.96. The fraction of sp³-hybridized carbons (Fsp3) is 0.800. The number of hydrogen-bond acceptors (Lipinski definition) is 3. The van der Waals surface area contributed by atoms with Gasteiger partial charge in [0.1, 0.15) is 6.04 Å². The molecule has 86 valence electrons. The molecule has 0 radical (unpaired) electrons. The third kappa shape index (κ3) is 4.11. The minimum atomic E-state index is -0.491. The smallest absolute Gasteiger partial charge is 0.245 e. The molecule has 0 spiro atoms. The molecule has 0 heterocycles. The minimum Gasteiger partial charge on any atom is -0.344 e. The Morgan fingerprint density at radius 1 is 1.53 bits per heavy atom. The van der Waals surface area contributed by atoms with Gasteiger partial charge in [-0.1, -0.05) is 0 Å². The van der Waals surface area contributed by atoms with Gasteiger partial charge in [-0.2, -0.15) is 12.6 Å². The number of nitrogens with one attached hydrogen (secondary N) is 1. The van der Waals surface area contributed by atoms with Crippen LogP contribution in [0.25, 0.3) is 0 Å². The Balaban J connectivity index is 2.42. The minimum absolute atomic E-state index is 0.0490. The van der Waals surface area contributed by atoms with E-state index in [9.17, 15) is 9.59 Å². The van der Waals surface area contributed by atoms with Crippen LogP contribution in [0, 0.1) is 5.92 Å². The van der Waals surface area contributed by atoms with E-state index in [1.54, 1.807) is 11.9 Å². The second kappa shape index (κ2) is 5.39. The lowest BCUT2D eigenvalue weighted by atomic mass is 10.2. The molecular weight excluding hydrogens is 212 g/mol. The highest BCUT2D eigenvalue weighted by Gasteiger charge is 2.28. The number of thiol groups is 1. The number of amides is 2. The van der Waals surface area contributed by atoms with E-state index in [1.807, 2.05) is 0 Å². The van der Waals surface area contributed by atoms with E-state index >= 15 is 0 Å². The van der Waals surface area contributed by atoms with Gasteiger partial charge >= 0.3 is 0 Å². The Hall–Kier alpha value is -0.710. The van der Waals surface area contributed by atoms with Gasteiger partial charge in [0.05, 0.1) is 0 Å². The molecule has 0 saturated heterocycles. The van der Waals surface area contributed by atoms with Gasteiger partial charge in [-0.25, -0.2) is 0 Å². The molecule has 0 aromatic carbocycles. The zero-order valence-corrected chi connectivity index (χ0v) is 10.1. The Morgan fingerprint density at radius 2 is 2.13 bits per heavy atom. The second-order valence-electron chi connectivity index (χ2n) is 4.10. The lowest BCUT2D eigenvalue weighted by Crippen LogP contribution is -2.48. The summed E-state index contributed by atoms with van der Waals surface area (Å²) in [6.07, 6.45) is 2.42. The summed E-state index contributed by atoms with van der Waals surface area (Å²) in [5, 5.41) is 2.60. The van der Waals surface area contributed by atoms with Gasteiger partial charge in [0.15, 0.2) is 0 Å². The maximum absolute atomic E-state index is 11.8. The highest BCUT2D eigenvalue weighted by atomic mass is 32.1. The molecule has 1 atom stereocenters. The molecule has 1 aliphatic carbocycles. The summed E-state index contributed by atoms with van der Waals surface area (Å²) in [4.78, 5) is 24.4. The summed E-state index contributed by atoms with van der Waals surface area (Å²) in [6, 6.07) is -0.491. The monoisotopic (exact) mass is 230 g/mol. The first-order valence-electron chi connectivity index (χ1n) is 5.17. The number of carbonyl (C=O) groups is 2. The summed E-state index contributed by atoms with van der Waals surface area (Å²) in [7, 11) is 1.78. The number of rotatable bonds is 5. The van der Waals surface area contributed by atoms with E-state index in [0.717, 1.165) is 6.54 Å². The van der Waals surface area contributed by atoms with E-state index in [4.69, 9.17) is 0 Å². The van der Waals surface area contributed by atoms with Crippen molar-refractivity contribution in [3.63, 3.8) is 0 Å². The third-order valence-corrected chi connectivity index (χ3v) is 2.83. The zero-order chi connectivity index (χ0) is 11.4. The van der Waals surface area contributed by atoms with Gasteiger partial charge in [0.25, 0.3) is 0 Å². The van der Waals surface area contributed by atoms with Crippen LogP contribution in [-0.2, 0) is 9.59 Å². The largest absolute Gasteiger partial charge is 0.344 e. The molecule has 1 rings (SSSR count). The van der Waals surface area contributed by atoms with Crippen molar-refractivity contribution in [2.75, 3.05) is 19.3 Å². The molecule has 0 aromatic rings. The molecule has 4 nitrogen and oxygen atoms in total. The fourth-order valence-electron chi connectivity index (χ4n) is 1.47. The van der Waals surface area contributed by atoms with E-state index < -0.39 is 6.04 Å². The summed E-state index contributed by atoms with van der Waals surface area (Å²) >= 11 is 4.07. The highest BCUT2D eigenvalue weighted by molar-refractivity contribution is 7.80. The Morgan fingerprint density at radius 3 is 2.53 bits per heavy atom. The average molecular weight is 230 g/mol. The molecular formula is C10H18N2O2S. The first-order chi connectivity index (χ1) is 7.04. The lowest BCUT2D eigenvalue weighted by Gasteiger charge is -2.23. The summed E-state index contributed by atoms with van der Waals surface area (Å²) in [5.41, 5.74) is 0. The molecule has 0 aliphatic heterocycles. The van der Waals surface area contributed by atoms with E-state index in [1.165, 1.54) is 19.8 Å². The first-order valence-corrected chi connectivity index (χ1v) is 5.80. The Bertz CT molecular complexity index is 254. The maximum Gasteiger partial charge on any atom is 0.245 e. The highest BCUT2D eigenvalue weighted by Crippen LogP contribution is 2.29. The topological polar surface area (TPSA) is 49.4 Å². The summed E-state index contributed by atoms with van der Waals surface area (Å²) < 4.78 is 0. The molecule has 0 bridgehead atoms. The summed E-state index contributed by atoms with van der Waals surface area (Å²) in [5.74, 6) is 0.763. The van der Waals surface area contributed by atoms with Crippen molar-refractivity contribution in [2.24, 2.45) is 5.92 Å². The lowest BCUT2D eigenvalue weighted by molar-refractivity contribution is -0.134. The SMILES string of the molecule is CC(=O)NC(CS)C(=O)N(C)CC1CC1. The third-order valence-electron chi connectivity index (χ3n) is 2.46. The number of nitrogens with zero attached hydrogens (tertiary/aromatic N) is 1. The van der Waals surface area contributed by atoms with Crippen LogP contribution in [0.2, 0.25) is 0 Å². The maximum atomic E-state index is 11.8. The van der Waals surface area contributed by atoms with Crippen molar-refractivity contribution in [1.29, 1.82) is 0 Å². The first kappa shape index (κ1) is 12.4. The quantitative estimate of drug-likeness (QED) is 0.667. The van der Waals surface area contributed by atoms with Gasteiger partial charge < -0.3 is 10.2 Å². The van der Waals surface area contributed by atoms with Crippen LogP contribution in [0.4, 0.5) is 0 Å². The van der Waals surface area contributed by atoms with Crippen LogP contribution in [0.15, 0.2) is 0 Å². The van der Waals surface area contributed by atoms with E-state index in [0.29, 0.717) is 11.7 Å². The van der Waals surface area contributed by atoms with Crippen LogP contribution in [0.1, 0.15) is 19.8 Å². The van der Waals surface area contributed by atoms with Gasteiger partial charge in [0.2, 0.25) is 11.8 Å². The van der Waals surface area contributed by atoms with Crippen molar-refractivity contribution in [3.8, 4) is 0 Å². The van der Waals surface area contributed by atoms with Crippen molar-refractivity contribution in [1.82, 2.24) is 10.2 Å². The van der Waals surface area contributed by atoms with Gasteiger partial charge in [0, 0.05) is 26.3 Å². The number of likely N-dealkylation sites (N-methyl/N-ethyl adjacent to an activating group) is 1. The fourth-order valence-corrected chi connectivity index (χ4v) is 1.72. The molecule has 2 amide bonds. The van der Waals surface area contributed by atoms with Crippen LogP contribution in [0.5, 0.6) is 0 Å². The van der Waals surface area contributed by atoms with Crippen molar-refractivity contribution < 1.29 is 9.59 Å².